The van der Waals surface area contributed by atoms with Crippen LogP contribution < -0.4 is 15.2 Å². The molecule has 1 aliphatic carbocycles. The number of hydrogen-bond acceptors (Lipinski definition) is 3. The molecule has 1 atom stereocenters. The zero-order valence-corrected chi connectivity index (χ0v) is 10.2. The van der Waals surface area contributed by atoms with Crippen LogP contribution in [0.15, 0.2) is 18.2 Å². The van der Waals surface area contributed by atoms with Crippen molar-refractivity contribution >= 4 is 0 Å². The quantitative estimate of drug-likeness (QED) is 0.869. The lowest BCUT2D eigenvalue weighted by atomic mass is 9.93. The fourth-order valence-electron chi connectivity index (χ4n) is 2.41. The van der Waals surface area contributed by atoms with Crippen molar-refractivity contribution < 1.29 is 9.47 Å². The number of nitrogens with two attached hydrogens (primary N) is 1. The SMILES string of the molecule is CC(CCC1(N)CC1)c1cccc2c1OCO2. The minimum absolute atomic E-state index is 0.142. The first kappa shape index (κ1) is 10.9. The van der Waals surface area contributed by atoms with Crippen molar-refractivity contribution in [3.63, 3.8) is 0 Å². The molecule has 92 valence electrons. The van der Waals surface area contributed by atoms with E-state index in [1.54, 1.807) is 0 Å². The lowest BCUT2D eigenvalue weighted by Crippen LogP contribution is -2.21. The number of rotatable bonds is 4. The van der Waals surface area contributed by atoms with Crippen LogP contribution >= 0.6 is 0 Å². The Morgan fingerprint density at radius 1 is 1.35 bits per heavy atom. The van der Waals surface area contributed by atoms with Crippen LogP contribution in [-0.4, -0.2) is 12.3 Å². The molecule has 1 heterocycles. The normalized spacial score (nSPS) is 21.3. The van der Waals surface area contributed by atoms with Gasteiger partial charge in [0.1, 0.15) is 0 Å². The highest BCUT2D eigenvalue weighted by atomic mass is 16.7. The highest BCUT2D eigenvalue weighted by Crippen LogP contribution is 2.43. The summed E-state index contributed by atoms with van der Waals surface area (Å²) in [5.74, 6) is 2.29. The molecule has 0 amide bonds. The topological polar surface area (TPSA) is 44.5 Å². The molecule has 1 aromatic rings. The largest absolute Gasteiger partial charge is 0.454 e. The molecule has 0 radical (unpaired) electrons. The van der Waals surface area contributed by atoms with E-state index in [1.807, 2.05) is 12.1 Å². The molecule has 1 fully saturated rings. The van der Waals surface area contributed by atoms with Crippen LogP contribution in [0.3, 0.4) is 0 Å². The minimum Gasteiger partial charge on any atom is -0.454 e. The third-order valence-corrected chi connectivity index (χ3v) is 3.93. The Bertz CT molecular complexity index is 426. The van der Waals surface area contributed by atoms with Gasteiger partial charge in [-0.3, -0.25) is 0 Å². The van der Waals surface area contributed by atoms with Gasteiger partial charge in [-0.15, -0.1) is 0 Å². The van der Waals surface area contributed by atoms with Crippen LogP contribution in [0, 0.1) is 0 Å². The Labute approximate surface area is 102 Å². The van der Waals surface area contributed by atoms with Crippen molar-refractivity contribution in [2.24, 2.45) is 5.73 Å². The van der Waals surface area contributed by atoms with E-state index >= 15 is 0 Å². The van der Waals surface area contributed by atoms with Gasteiger partial charge < -0.3 is 15.2 Å². The summed E-state index contributed by atoms with van der Waals surface area (Å²) >= 11 is 0. The van der Waals surface area contributed by atoms with Crippen molar-refractivity contribution in [3.8, 4) is 11.5 Å². The predicted octanol–water partition coefficient (Wildman–Crippen LogP) is 2.79. The van der Waals surface area contributed by atoms with Crippen molar-refractivity contribution in [1.29, 1.82) is 0 Å². The standard InChI is InChI=1S/C14H19NO2/c1-10(5-6-14(15)7-8-14)11-3-2-4-12-13(11)17-9-16-12/h2-4,10H,5-9,15H2,1H3. The van der Waals surface area contributed by atoms with E-state index in [9.17, 15) is 0 Å². The van der Waals surface area contributed by atoms with Gasteiger partial charge in [-0.05, 0) is 37.7 Å². The molecule has 1 saturated carbocycles. The van der Waals surface area contributed by atoms with Gasteiger partial charge in [0.15, 0.2) is 11.5 Å². The molecule has 17 heavy (non-hydrogen) atoms. The average molecular weight is 233 g/mol. The molecule has 3 heteroatoms. The number of hydrogen-bond donors (Lipinski definition) is 1. The first-order valence-electron chi connectivity index (χ1n) is 6.35. The Hall–Kier alpha value is -1.22. The van der Waals surface area contributed by atoms with E-state index < -0.39 is 0 Å². The molecule has 0 spiro atoms. The van der Waals surface area contributed by atoms with Crippen molar-refractivity contribution in [2.45, 2.75) is 44.1 Å². The van der Waals surface area contributed by atoms with Crippen molar-refractivity contribution in [1.82, 2.24) is 0 Å². The third-order valence-electron chi connectivity index (χ3n) is 3.93. The van der Waals surface area contributed by atoms with Gasteiger partial charge in [0, 0.05) is 11.1 Å². The molecule has 2 N–H and O–H groups in total. The average Bonchev–Trinajstić information content (AvgIpc) is 2.89. The molecule has 3 rings (SSSR count). The molecule has 0 saturated heterocycles. The van der Waals surface area contributed by atoms with Gasteiger partial charge in [-0.25, -0.2) is 0 Å². The van der Waals surface area contributed by atoms with Gasteiger partial charge in [0.2, 0.25) is 6.79 Å². The summed E-state index contributed by atoms with van der Waals surface area (Å²) in [6.07, 6.45) is 4.60. The first-order valence-corrected chi connectivity index (χ1v) is 6.35. The summed E-state index contributed by atoms with van der Waals surface area (Å²) in [6.45, 7) is 2.59. The maximum atomic E-state index is 6.13. The van der Waals surface area contributed by atoms with Crippen LogP contribution in [0.1, 0.15) is 44.1 Å². The second-order valence-electron chi connectivity index (χ2n) is 5.38. The summed E-state index contributed by atoms with van der Waals surface area (Å²) in [6, 6.07) is 6.13. The lowest BCUT2D eigenvalue weighted by molar-refractivity contribution is 0.173. The predicted molar refractivity (Wildman–Crippen MR) is 66.4 cm³/mol. The van der Waals surface area contributed by atoms with Crippen LogP contribution in [0.5, 0.6) is 11.5 Å². The highest BCUT2D eigenvalue weighted by Gasteiger charge is 2.37. The molecular weight excluding hydrogens is 214 g/mol. The summed E-state index contributed by atoms with van der Waals surface area (Å²) in [5.41, 5.74) is 7.53. The van der Waals surface area contributed by atoms with Crippen LogP contribution in [0.25, 0.3) is 0 Å². The molecule has 2 aliphatic rings. The lowest BCUT2D eigenvalue weighted by Gasteiger charge is -2.16. The highest BCUT2D eigenvalue weighted by molar-refractivity contribution is 5.49. The first-order chi connectivity index (χ1) is 8.18. The second kappa shape index (κ2) is 3.91. The van der Waals surface area contributed by atoms with Crippen molar-refractivity contribution in [2.75, 3.05) is 6.79 Å². The molecule has 3 nitrogen and oxygen atoms in total. The van der Waals surface area contributed by atoms with E-state index in [-0.39, 0.29) is 5.54 Å². The minimum atomic E-state index is 0.142. The Balaban J connectivity index is 1.72. The molecule has 1 unspecified atom stereocenters. The fraction of sp³-hybridized carbons (Fsp3) is 0.571. The smallest absolute Gasteiger partial charge is 0.231 e. The maximum Gasteiger partial charge on any atom is 0.231 e. The molecule has 1 aliphatic heterocycles. The van der Waals surface area contributed by atoms with Gasteiger partial charge in [0.05, 0.1) is 0 Å². The van der Waals surface area contributed by atoms with E-state index in [2.05, 4.69) is 13.0 Å². The zero-order valence-electron chi connectivity index (χ0n) is 10.2. The van der Waals surface area contributed by atoms with Crippen LogP contribution in [0.4, 0.5) is 0 Å². The summed E-state index contributed by atoms with van der Waals surface area (Å²) in [7, 11) is 0. The molecule has 1 aromatic carbocycles. The second-order valence-corrected chi connectivity index (χ2v) is 5.38. The number of ether oxygens (including phenoxy) is 2. The van der Waals surface area contributed by atoms with Gasteiger partial charge >= 0.3 is 0 Å². The van der Waals surface area contributed by atoms with E-state index in [0.29, 0.717) is 12.7 Å². The Kier molecular flexibility index (Phi) is 2.51. The van der Waals surface area contributed by atoms with E-state index in [1.165, 1.54) is 18.4 Å². The monoisotopic (exact) mass is 233 g/mol. The summed E-state index contributed by atoms with van der Waals surface area (Å²) < 4.78 is 10.9. The Morgan fingerprint density at radius 2 is 2.18 bits per heavy atom. The zero-order chi connectivity index (χ0) is 11.9. The number of benzene rings is 1. The maximum absolute atomic E-state index is 6.13. The number of fused-ring (bicyclic) bond motifs is 1. The van der Waals surface area contributed by atoms with Crippen molar-refractivity contribution in [3.05, 3.63) is 23.8 Å². The van der Waals surface area contributed by atoms with Gasteiger partial charge in [-0.1, -0.05) is 19.1 Å². The van der Waals surface area contributed by atoms with Gasteiger partial charge in [-0.2, -0.15) is 0 Å². The molecule has 0 aromatic heterocycles. The fourth-order valence-corrected chi connectivity index (χ4v) is 2.41. The summed E-state index contributed by atoms with van der Waals surface area (Å²) in [4.78, 5) is 0. The van der Waals surface area contributed by atoms with E-state index in [4.69, 9.17) is 15.2 Å². The van der Waals surface area contributed by atoms with Gasteiger partial charge in [0.25, 0.3) is 0 Å². The molecular formula is C14H19NO2. The molecule has 0 bridgehead atoms. The third kappa shape index (κ3) is 2.12. The van der Waals surface area contributed by atoms with E-state index in [0.717, 1.165) is 24.3 Å². The van der Waals surface area contributed by atoms with Crippen LogP contribution in [0.2, 0.25) is 0 Å². The summed E-state index contributed by atoms with van der Waals surface area (Å²) in [5, 5.41) is 0. The Morgan fingerprint density at radius 3 is 2.94 bits per heavy atom. The number of para-hydroxylation sites is 1. The van der Waals surface area contributed by atoms with Crippen LogP contribution in [-0.2, 0) is 0 Å².